The Kier molecular flexibility index (Phi) is 6.18. The molecule has 1 aromatic carbocycles. The van der Waals surface area contributed by atoms with Crippen molar-refractivity contribution in [3.8, 4) is 11.6 Å². The molecule has 0 spiro atoms. The third-order valence-electron chi connectivity index (χ3n) is 3.14. The van der Waals surface area contributed by atoms with E-state index in [0.29, 0.717) is 18.1 Å². The molecule has 0 N–H and O–H groups in total. The Hall–Kier alpha value is -2.56. The lowest BCUT2D eigenvalue weighted by Crippen LogP contribution is -2.15. The van der Waals surface area contributed by atoms with Crippen molar-refractivity contribution in [3.63, 3.8) is 0 Å². The molecule has 0 fully saturated rings. The number of hydrogen-bond acceptors (Lipinski definition) is 5. The summed E-state index contributed by atoms with van der Waals surface area (Å²) in [7, 11) is 0. The Balaban J connectivity index is 2.36. The molecule has 128 valence electrons. The number of benzene rings is 1. The summed E-state index contributed by atoms with van der Waals surface area (Å²) in [6.45, 7) is 7.96. The molecule has 24 heavy (non-hydrogen) atoms. The Bertz CT molecular complexity index is 683. The van der Waals surface area contributed by atoms with Gasteiger partial charge in [-0.2, -0.15) is 0 Å². The van der Waals surface area contributed by atoms with E-state index in [0.717, 1.165) is 5.56 Å². The first-order valence-corrected chi connectivity index (χ1v) is 8.03. The lowest BCUT2D eigenvalue weighted by atomic mass is 10.2. The highest BCUT2D eigenvalue weighted by Crippen LogP contribution is 2.30. The summed E-state index contributed by atoms with van der Waals surface area (Å²) < 4.78 is 16.7. The van der Waals surface area contributed by atoms with Crippen molar-refractivity contribution < 1.29 is 19.0 Å². The summed E-state index contributed by atoms with van der Waals surface area (Å²) in [4.78, 5) is 16.7. The molecule has 2 aromatic rings. The zero-order valence-corrected chi connectivity index (χ0v) is 14.5. The van der Waals surface area contributed by atoms with Gasteiger partial charge in [0.25, 0.3) is 0 Å². The maximum absolute atomic E-state index is 12.4. The molecule has 0 amide bonds. The Morgan fingerprint density at radius 1 is 1.21 bits per heavy atom. The Morgan fingerprint density at radius 3 is 2.54 bits per heavy atom. The average Bonchev–Trinajstić information content (AvgIpc) is 2.53. The number of aromatic nitrogens is 1. The quantitative estimate of drug-likeness (QED) is 0.720. The van der Waals surface area contributed by atoms with Gasteiger partial charge < -0.3 is 14.2 Å². The van der Waals surface area contributed by atoms with E-state index in [1.807, 2.05) is 51.1 Å². The van der Waals surface area contributed by atoms with Gasteiger partial charge >= 0.3 is 5.97 Å². The van der Waals surface area contributed by atoms with Crippen LogP contribution in [0.2, 0.25) is 0 Å². The maximum Gasteiger partial charge on any atom is 0.347 e. The van der Waals surface area contributed by atoms with Crippen LogP contribution in [0.3, 0.4) is 0 Å². The predicted molar refractivity (Wildman–Crippen MR) is 91.5 cm³/mol. The van der Waals surface area contributed by atoms with Gasteiger partial charge in [-0.05, 0) is 33.3 Å². The van der Waals surface area contributed by atoms with Crippen LogP contribution in [0.15, 0.2) is 36.4 Å². The van der Waals surface area contributed by atoms with E-state index in [1.54, 1.807) is 13.0 Å². The number of aryl methyl sites for hydroxylation is 1. The van der Waals surface area contributed by atoms with Crippen LogP contribution in [0.25, 0.3) is 0 Å². The molecule has 0 aliphatic carbocycles. The summed E-state index contributed by atoms with van der Waals surface area (Å²) in [5.41, 5.74) is 1.93. The fourth-order valence-corrected chi connectivity index (χ4v) is 2.18. The highest BCUT2D eigenvalue weighted by atomic mass is 16.5. The zero-order valence-electron chi connectivity index (χ0n) is 14.5. The lowest BCUT2D eigenvalue weighted by Gasteiger charge is -2.17. The highest BCUT2D eigenvalue weighted by molar-refractivity contribution is 5.95. The lowest BCUT2D eigenvalue weighted by molar-refractivity contribution is 0.0513. The molecule has 5 nitrogen and oxygen atoms in total. The first-order valence-electron chi connectivity index (χ1n) is 8.03. The molecule has 0 saturated carbocycles. The number of rotatable bonds is 7. The van der Waals surface area contributed by atoms with E-state index in [4.69, 9.17) is 14.2 Å². The summed E-state index contributed by atoms with van der Waals surface area (Å²) in [6, 6.07) is 11.4. The van der Waals surface area contributed by atoms with Crippen LogP contribution in [0.5, 0.6) is 11.6 Å². The average molecular weight is 329 g/mol. The first kappa shape index (κ1) is 17.8. The van der Waals surface area contributed by atoms with Crippen LogP contribution in [0.1, 0.15) is 42.4 Å². The summed E-state index contributed by atoms with van der Waals surface area (Å²) >= 11 is 0. The molecule has 0 radical (unpaired) electrons. The molecule has 0 aliphatic heterocycles. The van der Waals surface area contributed by atoms with Gasteiger partial charge in [-0.1, -0.05) is 30.3 Å². The second kappa shape index (κ2) is 8.34. The SMILES string of the molecule is CCOC(=O)c1c(OC(C)C)cc(C)nc1OCc1ccccc1. The number of nitrogens with zero attached hydrogens (tertiary/aromatic N) is 1. The maximum atomic E-state index is 12.4. The van der Waals surface area contributed by atoms with E-state index < -0.39 is 5.97 Å². The molecular formula is C19H23NO4. The van der Waals surface area contributed by atoms with Gasteiger partial charge in [-0.3, -0.25) is 0 Å². The topological polar surface area (TPSA) is 57.7 Å². The number of hydrogen-bond donors (Lipinski definition) is 0. The van der Waals surface area contributed by atoms with E-state index in [-0.39, 0.29) is 24.2 Å². The van der Waals surface area contributed by atoms with E-state index in [9.17, 15) is 4.79 Å². The van der Waals surface area contributed by atoms with Gasteiger partial charge in [0.2, 0.25) is 5.88 Å². The van der Waals surface area contributed by atoms with E-state index >= 15 is 0 Å². The Morgan fingerprint density at radius 2 is 1.92 bits per heavy atom. The predicted octanol–water partition coefficient (Wildman–Crippen LogP) is 3.93. The third kappa shape index (κ3) is 4.72. The van der Waals surface area contributed by atoms with Gasteiger partial charge in [0.15, 0.2) is 5.56 Å². The molecule has 0 saturated heterocycles. The fourth-order valence-electron chi connectivity index (χ4n) is 2.18. The molecule has 0 bridgehead atoms. The molecule has 0 unspecified atom stereocenters. The van der Waals surface area contributed by atoms with E-state index in [1.165, 1.54) is 0 Å². The normalized spacial score (nSPS) is 10.5. The van der Waals surface area contributed by atoms with Crippen molar-refractivity contribution in [2.24, 2.45) is 0 Å². The van der Waals surface area contributed by atoms with Crippen molar-refractivity contribution in [2.75, 3.05) is 6.61 Å². The van der Waals surface area contributed by atoms with Crippen molar-refractivity contribution in [1.29, 1.82) is 0 Å². The first-order chi connectivity index (χ1) is 11.5. The number of carbonyl (C=O) groups is 1. The minimum absolute atomic E-state index is 0.0815. The second-order valence-electron chi connectivity index (χ2n) is 5.60. The minimum atomic E-state index is -0.497. The van der Waals surface area contributed by atoms with Crippen LogP contribution in [0.4, 0.5) is 0 Å². The minimum Gasteiger partial charge on any atom is -0.490 e. The van der Waals surface area contributed by atoms with Crippen molar-refractivity contribution >= 4 is 5.97 Å². The van der Waals surface area contributed by atoms with Gasteiger partial charge in [-0.15, -0.1) is 0 Å². The summed E-state index contributed by atoms with van der Waals surface area (Å²) in [5.74, 6) is 0.163. The van der Waals surface area contributed by atoms with Gasteiger partial charge in [0.05, 0.1) is 12.7 Å². The van der Waals surface area contributed by atoms with Crippen molar-refractivity contribution in [1.82, 2.24) is 4.98 Å². The number of pyridine rings is 1. The third-order valence-corrected chi connectivity index (χ3v) is 3.14. The smallest absolute Gasteiger partial charge is 0.347 e. The molecule has 0 aliphatic rings. The van der Waals surface area contributed by atoms with Gasteiger partial charge in [0, 0.05) is 11.8 Å². The molecule has 1 aromatic heterocycles. The van der Waals surface area contributed by atoms with E-state index in [2.05, 4.69) is 4.98 Å². The summed E-state index contributed by atoms with van der Waals surface area (Å²) in [5, 5.41) is 0. The zero-order chi connectivity index (χ0) is 17.5. The standard InChI is InChI=1S/C19H23NO4/c1-5-22-19(21)17-16(24-13(2)3)11-14(4)20-18(17)23-12-15-9-7-6-8-10-15/h6-11,13H,5,12H2,1-4H3. The van der Waals surface area contributed by atoms with Crippen LogP contribution >= 0.6 is 0 Å². The van der Waals surface area contributed by atoms with Gasteiger partial charge in [-0.25, -0.2) is 9.78 Å². The largest absolute Gasteiger partial charge is 0.490 e. The fraction of sp³-hybridized carbons (Fsp3) is 0.368. The number of ether oxygens (including phenoxy) is 3. The van der Waals surface area contributed by atoms with Crippen LogP contribution in [-0.4, -0.2) is 23.7 Å². The summed E-state index contributed by atoms with van der Waals surface area (Å²) in [6.07, 6.45) is -0.0815. The number of carbonyl (C=O) groups excluding carboxylic acids is 1. The van der Waals surface area contributed by atoms with Gasteiger partial charge in [0.1, 0.15) is 12.4 Å². The molecular weight excluding hydrogens is 306 g/mol. The van der Waals surface area contributed by atoms with Crippen LogP contribution in [-0.2, 0) is 11.3 Å². The monoisotopic (exact) mass is 329 g/mol. The van der Waals surface area contributed by atoms with Crippen molar-refractivity contribution in [2.45, 2.75) is 40.4 Å². The molecule has 0 atom stereocenters. The molecule has 5 heteroatoms. The molecule has 2 rings (SSSR count). The Labute approximate surface area is 142 Å². The number of esters is 1. The van der Waals surface area contributed by atoms with Crippen LogP contribution < -0.4 is 9.47 Å². The van der Waals surface area contributed by atoms with Crippen LogP contribution in [0, 0.1) is 6.92 Å². The highest BCUT2D eigenvalue weighted by Gasteiger charge is 2.23. The molecule has 1 heterocycles. The van der Waals surface area contributed by atoms with Crippen molar-refractivity contribution in [3.05, 3.63) is 53.2 Å². The second-order valence-corrected chi connectivity index (χ2v) is 5.60.